The second kappa shape index (κ2) is 6.81. The van der Waals surface area contributed by atoms with Gasteiger partial charge in [0.25, 0.3) is 0 Å². The number of carbonyl (C=O) groups excluding carboxylic acids is 1. The summed E-state index contributed by atoms with van der Waals surface area (Å²) in [6.07, 6.45) is 1.61. The summed E-state index contributed by atoms with van der Waals surface area (Å²) in [6, 6.07) is 10.5. The molecule has 0 bridgehead atoms. The average molecular weight is 302 g/mol. The highest BCUT2D eigenvalue weighted by Gasteiger charge is 2.12. The van der Waals surface area contributed by atoms with Crippen LogP contribution in [0.5, 0.6) is 5.88 Å². The van der Waals surface area contributed by atoms with E-state index in [-0.39, 0.29) is 0 Å². The SMILES string of the molecule is COC(=O)c1ccccc1NC(=S)c1ccc(OC)nc1. The third-order valence-corrected chi connectivity index (χ3v) is 3.13. The first-order valence-electron chi connectivity index (χ1n) is 6.14. The van der Waals surface area contributed by atoms with Gasteiger partial charge in [-0.3, -0.25) is 0 Å². The van der Waals surface area contributed by atoms with Gasteiger partial charge in [-0.05, 0) is 18.2 Å². The molecule has 0 amide bonds. The van der Waals surface area contributed by atoms with Crippen molar-refractivity contribution in [2.45, 2.75) is 0 Å². The van der Waals surface area contributed by atoms with Crippen LogP contribution in [0.1, 0.15) is 15.9 Å². The number of nitrogens with zero attached hydrogens (tertiary/aromatic N) is 1. The quantitative estimate of drug-likeness (QED) is 0.692. The Morgan fingerprint density at radius 3 is 2.57 bits per heavy atom. The number of hydrogen-bond donors (Lipinski definition) is 1. The third-order valence-electron chi connectivity index (χ3n) is 2.79. The first-order valence-corrected chi connectivity index (χ1v) is 6.55. The molecule has 1 heterocycles. The molecule has 0 aliphatic rings. The van der Waals surface area contributed by atoms with Gasteiger partial charge >= 0.3 is 5.97 Å². The number of carbonyl (C=O) groups is 1. The van der Waals surface area contributed by atoms with Crippen molar-refractivity contribution in [1.82, 2.24) is 4.98 Å². The molecule has 0 saturated heterocycles. The summed E-state index contributed by atoms with van der Waals surface area (Å²) in [7, 11) is 2.88. The Hall–Kier alpha value is -2.47. The highest BCUT2D eigenvalue weighted by atomic mass is 32.1. The summed E-state index contributed by atoms with van der Waals surface area (Å²) in [5, 5.41) is 3.03. The fourth-order valence-corrected chi connectivity index (χ4v) is 1.94. The number of benzene rings is 1. The van der Waals surface area contributed by atoms with E-state index >= 15 is 0 Å². The summed E-state index contributed by atoms with van der Waals surface area (Å²) in [5.41, 5.74) is 1.74. The number of anilines is 1. The van der Waals surface area contributed by atoms with Crippen LogP contribution in [0.25, 0.3) is 0 Å². The molecule has 1 N–H and O–H groups in total. The van der Waals surface area contributed by atoms with Gasteiger partial charge in [0, 0.05) is 17.8 Å². The average Bonchev–Trinajstić information content (AvgIpc) is 2.54. The summed E-state index contributed by atoms with van der Waals surface area (Å²) >= 11 is 5.32. The minimum absolute atomic E-state index is 0.420. The predicted octanol–water partition coefficient (Wildman–Crippen LogP) is 2.66. The monoisotopic (exact) mass is 302 g/mol. The largest absolute Gasteiger partial charge is 0.481 e. The second-order valence-electron chi connectivity index (χ2n) is 4.08. The molecule has 5 nitrogen and oxygen atoms in total. The fourth-order valence-electron chi connectivity index (χ4n) is 1.71. The number of para-hydroxylation sites is 1. The third kappa shape index (κ3) is 3.55. The van der Waals surface area contributed by atoms with Crippen LogP contribution in [0.3, 0.4) is 0 Å². The minimum atomic E-state index is -0.422. The first-order chi connectivity index (χ1) is 10.2. The zero-order chi connectivity index (χ0) is 15.2. The molecule has 6 heteroatoms. The molecule has 0 saturated carbocycles. The van der Waals surface area contributed by atoms with E-state index in [9.17, 15) is 4.79 Å². The van der Waals surface area contributed by atoms with Crippen LogP contribution in [0.4, 0.5) is 5.69 Å². The van der Waals surface area contributed by atoms with E-state index in [2.05, 4.69) is 10.3 Å². The smallest absolute Gasteiger partial charge is 0.339 e. The van der Waals surface area contributed by atoms with Gasteiger partial charge in [-0.25, -0.2) is 9.78 Å². The van der Waals surface area contributed by atoms with Crippen molar-refractivity contribution in [2.75, 3.05) is 19.5 Å². The Morgan fingerprint density at radius 2 is 1.95 bits per heavy atom. The number of pyridine rings is 1. The zero-order valence-corrected chi connectivity index (χ0v) is 12.4. The van der Waals surface area contributed by atoms with Crippen molar-refractivity contribution < 1.29 is 14.3 Å². The molecule has 0 unspecified atom stereocenters. The lowest BCUT2D eigenvalue weighted by Crippen LogP contribution is -2.14. The van der Waals surface area contributed by atoms with E-state index in [0.717, 1.165) is 5.56 Å². The minimum Gasteiger partial charge on any atom is -0.481 e. The molecule has 0 spiro atoms. The van der Waals surface area contributed by atoms with Crippen LogP contribution in [0, 0.1) is 0 Å². The fraction of sp³-hybridized carbons (Fsp3) is 0.133. The van der Waals surface area contributed by atoms with E-state index in [1.165, 1.54) is 7.11 Å². The normalized spacial score (nSPS) is 9.81. The van der Waals surface area contributed by atoms with E-state index in [0.29, 0.717) is 22.1 Å². The van der Waals surface area contributed by atoms with E-state index in [1.807, 2.05) is 6.07 Å². The molecule has 1 aromatic carbocycles. The van der Waals surface area contributed by atoms with Gasteiger partial charge in [-0.1, -0.05) is 24.4 Å². The van der Waals surface area contributed by atoms with Crippen LogP contribution in [-0.4, -0.2) is 30.2 Å². The predicted molar refractivity (Wildman–Crippen MR) is 83.9 cm³/mol. The molecule has 0 aliphatic heterocycles. The first kappa shape index (κ1) is 14.9. The van der Waals surface area contributed by atoms with Crippen LogP contribution < -0.4 is 10.1 Å². The number of esters is 1. The Morgan fingerprint density at radius 1 is 1.19 bits per heavy atom. The number of nitrogens with one attached hydrogen (secondary N) is 1. The molecule has 2 rings (SSSR count). The van der Waals surface area contributed by atoms with E-state index < -0.39 is 5.97 Å². The maximum atomic E-state index is 11.7. The Bertz CT molecular complexity index is 656. The summed E-state index contributed by atoms with van der Waals surface area (Å²) in [5.74, 6) is 0.0882. The maximum absolute atomic E-state index is 11.7. The van der Waals surface area contributed by atoms with E-state index in [1.54, 1.807) is 43.6 Å². The van der Waals surface area contributed by atoms with Crippen molar-refractivity contribution in [2.24, 2.45) is 0 Å². The van der Waals surface area contributed by atoms with Crippen LogP contribution in [0.2, 0.25) is 0 Å². The molecular weight excluding hydrogens is 288 g/mol. The number of thiocarbonyl (C=S) groups is 1. The van der Waals surface area contributed by atoms with Crippen molar-refractivity contribution in [3.63, 3.8) is 0 Å². The second-order valence-corrected chi connectivity index (χ2v) is 4.49. The number of ether oxygens (including phenoxy) is 2. The summed E-state index contributed by atoms with van der Waals surface area (Å²) < 4.78 is 9.74. The zero-order valence-electron chi connectivity index (χ0n) is 11.6. The number of hydrogen-bond acceptors (Lipinski definition) is 5. The molecular formula is C15H14N2O3S. The molecule has 1 aromatic heterocycles. The topological polar surface area (TPSA) is 60.5 Å². The van der Waals surface area contributed by atoms with Crippen molar-refractivity contribution in [3.8, 4) is 5.88 Å². The molecule has 21 heavy (non-hydrogen) atoms. The Balaban J connectivity index is 2.21. The van der Waals surface area contributed by atoms with Gasteiger partial charge in [0.1, 0.15) is 4.99 Å². The standard InChI is InChI=1S/C15H14N2O3S/c1-19-13-8-7-10(9-16-13)14(21)17-12-6-4-3-5-11(12)15(18)20-2/h3-9H,1-2H3,(H,17,21). The number of rotatable bonds is 4. The molecule has 0 atom stereocenters. The lowest BCUT2D eigenvalue weighted by molar-refractivity contribution is 0.0602. The summed E-state index contributed by atoms with van der Waals surface area (Å²) in [6.45, 7) is 0. The number of aromatic nitrogens is 1. The van der Waals surface area contributed by atoms with Crippen molar-refractivity contribution in [3.05, 3.63) is 53.7 Å². The molecule has 0 aliphatic carbocycles. The molecule has 2 aromatic rings. The summed E-state index contributed by atoms with van der Waals surface area (Å²) in [4.78, 5) is 16.3. The van der Waals surface area contributed by atoms with Crippen LogP contribution in [-0.2, 0) is 4.74 Å². The molecule has 0 fully saturated rings. The molecule has 108 valence electrons. The van der Waals surface area contributed by atoms with Gasteiger partial charge in [-0.2, -0.15) is 0 Å². The van der Waals surface area contributed by atoms with Crippen LogP contribution in [0.15, 0.2) is 42.6 Å². The Kier molecular flexibility index (Phi) is 4.84. The lowest BCUT2D eigenvalue weighted by atomic mass is 10.1. The van der Waals surface area contributed by atoms with E-state index in [4.69, 9.17) is 21.7 Å². The van der Waals surface area contributed by atoms with Gasteiger partial charge in [0.2, 0.25) is 5.88 Å². The van der Waals surface area contributed by atoms with Gasteiger partial charge < -0.3 is 14.8 Å². The highest BCUT2D eigenvalue weighted by molar-refractivity contribution is 7.81. The number of methoxy groups -OCH3 is 2. The van der Waals surface area contributed by atoms with Gasteiger partial charge in [-0.15, -0.1) is 0 Å². The maximum Gasteiger partial charge on any atom is 0.339 e. The molecule has 0 radical (unpaired) electrons. The Labute approximate surface area is 127 Å². The van der Waals surface area contributed by atoms with Crippen molar-refractivity contribution in [1.29, 1.82) is 0 Å². The van der Waals surface area contributed by atoms with Crippen molar-refractivity contribution >= 4 is 28.9 Å². The highest BCUT2D eigenvalue weighted by Crippen LogP contribution is 2.18. The van der Waals surface area contributed by atoms with Gasteiger partial charge in [0.15, 0.2) is 0 Å². The lowest BCUT2D eigenvalue weighted by Gasteiger charge is -2.11. The van der Waals surface area contributed by atoms with Crippen LogP contribution >= 0.6 is 12.2 Å². The van der Waals surface area contributed by atoms with Gasteiger partial charge in [0.05, 0.1) is 25.5 Å².